The molecule has 0 unspecified atom stereocenters. The van der Waals surface area contributed by atoms with E-state index in [0.717, 1.165) is 22.8 Å². The van der Waals surface area contributed by atoms with Crippen molar-refractivity contribution in [1.29, 1.82) is 0 Å². The summed E-state index contributed by atoms with van der Waals surface area (Å²) in [4.78, 5) is 14.0. The van der Waals surface area contributed by atoms with Crippen molar-refractivity contribution in [2.75, 3.05) is 13.2 Å². The van der Waals surface area contributed by atoms with Gasteiger partial charge in [-0.1, -0.05) is 33.8 Å². The number of pyridine rings is 1. The number of rotatable bonds is 4. The Morgan fingerprint density at radius 2 is 1.32 bits per heavy atom. The van der Waals surface area contributed by atoms with Crippen molar-refractivity contribution >= 4 is 11.4 Å². The van der Waals surface area contributed by atoms with Gasteiger partial charge in [0.25, 0.3) is 0 Å². The first kappa shape index (κ1) is 15.3. The third kappa shape index (κ3) is 3.10. The second kappa shape index (κ2) is 6.26. The average Bonchev–Trinajstić information content (AvgIpc) is 3.17. The van der Waals surface area contributed by atoms with Crippen LogP contribution in [0.15, 0.2) is 28.2 Å². The Morgan fingerprint density at radius 1 is 0.864 bits per heavy atom. The Labute approximate surface area is 131 Å². The van der Waals surface area contributed by atoms with E-state index in [1.165, 1.54) is 0 Å². The van der Waals surface area contributed by atoms with E-state index in [4.69, 9.17) is 14.5 Å². The summed E-state index contributed by atoms with van der Waals surface area (Å²) in [6.07, 6.45) is -0.115. The molecule has 22 heavy (non-hydrogen) atoms. The van der Waals surface area contributed by atoms with E-state index in [0.29, 0.717) is 25.0 Å². The van der Waals surface area contributed by atoms with E-state index in [2.05, 4.69) is 37.7 Å². The lowest BCUT2D eigenvalue weighted by molar-refractivity contribution is 0.0729. The van der Waals surface area contributed by atoms with E-state index < -0.39 is 0 Å². The summed E-state index contributed by atoms with van der Waals surface area (Å²) in [7, 11) is 0. The minimum Gasteiger partial charge on any atom is -0.350 e. The molecule has 0 bridgehead atoms. The van der Waals surface area contributed by atoms with Crippen LogP contribution in [0.2, 0.25) is 0 Å². The van der Waals surface area contributed by atoms with Crippen molar-refractivity contribution in [3.8, 4) is 0 Å². The van der Waals surface area contributed by atoms with Gasteiger partial charge in [-0.25, -0.2) is 4.98 Å². The zero-order valence-corrected chi connectivity index (χ0v) is 13.6. The predicted octanol–water partition coefficient (Wildman–Crippen LogP) is 2.68. The van der Waals surface area contributed by atoms with Gasteiger partial charge >= 0.3 is 0 Å². The molecular formula is C17H23N3O2. The zero-order valence-electron chi connectivity index (χ0n) is 13.6. The van der Waals surface area contributed by atoms with Crippen molar-refractivity contribution < 1.29 is 9.47 Å². The number of aliphatic imine (C=N–C) groups is 2. The molecule has 118 valence electrons. The van der Waals surface area contributed by atoms with Gasteiger partial charge in [0.1, 0.15) is 0 Å². The summed E-state index contributed by atoms with van der Waals surface area (Å²) in [5.74, 6) is 0.750. The molecule has 0 aromatic carbocycles. The van der Waals surface area contributed by atoms with Crippen LogP contribution in [0, 0.1) is 11.8 Å². The number of ether oxygens (including phenoxy) is 2. The molecule has 1 aromatic heterocycles. The molecule has 0 fully saturated rings. The summed E-state index contributed by atoms with van der Waals surface area (Å²) in [6, 6.07) is 5.95. The molecule has 3 rings (SSSR count). The van der Waals surface area contributed by atoms with E-state index in [-0.39, 0.29) is 12.5 Å². The highest BCUT2D eigenvalue weighted by Gasteiger charge is 2.25. The molecule has 0 N–H and O–H groups in total. The first-order valence-electron chi connectivity index (χ1n) is 7.89. The molecule has 1 aromatic rings. The lowest BCUT2D eigenvalue weighted by Gasteiger charge is -2.09. The van der Waals surface area contributed by atoms with Crippen molar-refractivity contribution in [1.82, 2.24) is 4.98 Å². The molecule has 0 saturated heterocycles. The molecule has 2 aliphatic heterocycles. The third-order valence-corrected chi connectivity index (χ3v) is 3.83. The van der Waals surface area contributed by atoms with Crippen LogP contribution < -0.4 is 0 Å². The number of hydrogen-bond donors (Lipinski definition) is 0. The fraction of sp³-hybridized carbons (Fsp3) is 0.588. The average molecular weight is 301 g/mol. The number of nitrogens with zero attached hydrogens (tertiary/aromatic N) is 3. The largest absolute Gasteiger partial charge is 0.350 e. The van der Waals surface area contributed by atoms with Crippen LogP contribution in [-0.4, -0.2) is 42.1 Å². The monoisotopic (exact) mass is 301 g/mol. The van der Waals surface area contributed by atoms with E-state index in [1.807, 2.05) is 18.2 Å². The Bertz CT molecular complexity index is 558. The first-order chi connectivity index (χ1) is 10.5. The predicted molar refractivity (Wildman–Crippen MR) is 86.5 cm³/mol. The molecule has 0 saturated carbocycles. The van der Waals surface area contributed by atoms with Crippen LogP contribution in [-0.2, 0) is 9.47 Å². The van der Waals surface area contributed by atoms with Gasteiger partial charge in [-0.2, -0.15) is 0 Å². The van der Waals surface area contributed by atoms with E-state index in [1.54, 1.807) is 0 Å². The molecule has 0 radical (unpaired) electrons. The topological polar surface area (TPSA) is 56.1 Å². The maximum absolute atomic E-state index is 5.70. The molecule has 5 nitrogen and oxygen atoms in total. The van der Waals surface area contributed by atoms with Gasteiger partial charge in [0.2, 0.25) is 0 Å². The molecule has 2 atom stereocenters. The molecular weight excluding hydrogens is 278 g/mol. The summed E-state index contributed by atoms with van der Waals surface area (Å²) < 4.78 is 11.4. The summed E-state index contributed by atoms with van der Waals surface area (Å²) in [5.41, 5.74) is 3.58. The smallest absolute Gasteiger partial charge is 0.151 e. The fourth-order valence-corrected chi connectivity index (χ4v) is 2.50. The Kier molecular flexibility index (Phi) is 4.36. The second-order valence-electron chi connectivity index (χ2n) is 6.45. The van der Waals surface area contributed by atoms with Crippen molar-refractivity contribution in [3.05, 3.63) is 29.6 Å². The highest BCUT2D eigenvalue weighted by molar-refractivity contribution is 6.04. The minimum atomic E-state index is -0.0575. The highest BCUT2D eigenvalue weighted by Crippen LogP contribution is 2.19. The zero-order chi connectivity index (χ0) is 15.7. The summed E-state index contributed by atoms with van der Waals surface area (Å²) in [6.45, 7) is 9.48. The standard InChI is InChI=1S/C17H23N3O2/c1-10(2)16-19-14(8-21-16)12-6-5-7-13(18-12)15-9-22-17(20-15)11(3)4/h5-7,10-11,16-17H,8-9H2,1-4H3/t16-,17-/m1/s1. The maximum Gasteiger partial charge on any atom is 0.151 e. The SMILES string of the molecule is CC(C)[C@@H]1N=C(c2cccc(C3=N[C@@H](C(C)C)OC3)n2)CO1. The highest BCUT2D eigenvalue weighted by atomic mass is 16.5. The van der Waals surface area contributed by atoms with E-state index >= 15 is 0 Å². The van der Waals surface area contributed by atoms with Gasteiger partial charge in [-0.3, -0.25) is 9.98 Å². The van der Waals surface area contributed by atoms with Gasteiger partial charge < -0.3 is 9.47 Å². The molecule has 2 aliphatic rings. The normalized spacial score (nSPS) is 25.0. The Balaban J connectivity index is 1.82. The maximum atomic E-state index is 5.70. The van der Waals surface area contributed by atoms with Crippen molar-refractivity contribution in [2.45, 2.75) is 40.2 Å². The molecule has 5 heteroatoms. The number of hydrogen-bond acceptors (Lipinski definition) is 5. The van der Waals surface area contributed by atoms with Gasteiger partial charge in [0.15, 0.2) is 12.5 Å². The lowest BCUT2D eigenvalue weighted by atomic mass is 10.2. The lowest BCUT2D eigenvalue weighted by Crippen LogP contribution is -2.12. The Hall–Kier alpha value is -1.59. The molecule has 0 spiro atoms. The van der Waals surface area contributed by atoms with Gasteiger partial charge in [0.05, 0.1) is 36.0 Å². The molecule has 3 heterocycles. The minimum absolute atomic E-state index is 0.0575. The van der Waals surface area contributed by atoms with Crippen molar-refractivity contribution in [3.63, 3.8) is 0 Å². The van der Waals surface area contributed by atoms with Crippen LogP contribution in [0.1, 0.15) is 39.1 Å². The quantitative estimate of drug-likeness (QED) is 0.859. The number of aromatic nitrogens is 1. The molecule has 0 aliphatic carbocycles. The van der Waals surface area contributed by atoms with Crippen LogP contribution in [0.5, 0.6) is 0 Å². The van der Waals surface area contributed by atoms with Gasteiger partial charge in [-0.15, -0.1) is 0 Å². The van der Waals surface area contributed by atoms with Crippen LogP contribution in [0.3, 0.4) is 0 Å². The first-order valence-corrected chi connectivity index (χ1v) is 7.89. The summed E-state index contributed by atoms with van der Waals surface area (Å²) in [5, 5.41) is 0. The van der Waals surface area contributed by atoms with Crippen molar-refractivity contribution in [2.24, 2.45) is 21.8 Å². The van der Waals surface area contributed by atoms with Crippen LogP contribution >= 0.6 is 0 Å². The second-order valence-corrected chi connectivity index (χ2v) is 6.45. The van der Waals surface area contributed by atoms with Gasteiger partial charge in [-0.05, 0) is 24.0 Å². The fourth-order valence-electron chi connectivity index (χ4n) is 2.50. The summed E-state index contributed by atoms with van der Waals surface area (Å²) >= 11 is 0. The Morgan fingerprint density at radius 3 is 1.68 bits per heavy atom. The van der Waals surface area contributed by atoms with Gasteiger partial charge in [0, 0.05) is 0 Å². The third-order valence-electron chi connectivity index (χ3n) is 3.83. The molecule has 0 amide bonds. The van der Waals surface area contributed by atoms with Crippen LogP contribution in [0.25, 0.3) is 0 Å². The van der Waals surface area contributed by atoms with E-state index in [9.17, 15) is 0 Å². The van der Waals surface area contributed by atoms with Crippen LogP contribution in [0.4, 0.5) is 0 Å².